The van der Waals surface area contributed by atoms with Crippen molar-refractivity contribution in [3.8, 4) is 0 Å². The van der Waals surface area contributed by atoms with E-state index in [-0.39, 0.29) is 5.71 Å². The predicted molar refractivity (Wildman–Crippen MR) is 32.4 cm³/mol. The van der Waals surface area contributed by atoms with Crippen LogP contribution in [0.25, 0.3) is 0 Å². The number of oxime groups is 1. The summed E-state index contributed by atoms with van der Waals surface area (Å²) in [6.07, 6.45) is 4.67. The van der Waals surface area contributed by atoms with Gasteiger partial charge in [-0.15, -0.1) is 0 Å². The highest BCUT2D eigenvalue weighted by Gasteiger charge is 2.09. The predicted octanol–water partition coefficient (Wildman–Crippen LogP) is 1.28. The molecule has 0 heterocycles. The summed E-state index contributed by atoms with van der Waals surface area (Å²) in [7, 11) is 0. The van der Waals surface area contributed by atoms with Crippen LogP contribution in [0.5, 0.6) is 0 Å². The molecule has 0 bridgehead atoms. The van der Waals surface area contributed by atoms with Crippen molar-refractivity contribution in [1.82, 2.24) is 0 Å². The lowest BCUT2D eigenvalue weighted by molar-refractivity contribution is 0.313. The van der Waals surface area contributed by atoms with Crippen LogP contribution >= 0.6 is 0 Å². The van der Waals surface area contributed by atoms with Crippen LogP contribution in [0.4, 0.5) is 4.39 Å². The van der Waals surface area contributed by atoms with E-state index >= 15 is 0 Å². The zero-order valence-electron chi connectivity index (χ0n) is 4.66. The van der Waals surface area contributed by atoms with Crippen LogP contribution in [-0.2, 0) is 0 Å². The Kier molecular flexibility index (Phi) is 1.63. The van der Waals surface area contributed by atoms with E-state index < -0.39 is 6.17 Å². The highest BCUT2D eigenvalue weighted by atomic mass is 19.1. The zero-order chi connectivity index (χ0) is 6.69. The lowest BCUT2D eigenvalue weighted by Gasteiger charge is -2.02. The topological polar surface area (TPSA) is 32.6 Å². The minimum Gasteiger partial charge on any atom is -0.411 e. The van der Waals surface area contributed by atoms with E-state index in [2.05, 4.69) is 5.16 Å². The normalized spacial score (nSPS) is 29.4. The highest BCUT2D eigenvalue weighted by molar-refractivity contribution is 6.00. The summed E-state index contributed by atoms with van der Waals surface area (Å²) in [6, 6.07) is 0. The average Bonchev–Trinajstić information content (AvgIpc) is 1.89. The first-order valence-corrected chi connectivity index (χ1v) is 2.55. The molecule has 1 atom stereocenters. The van der Waals surface area contributed by atoms with Crippen molar-refractivity contribution >= 4 is 5.71 Å². The fourth-order valence-electron chi connectivity index (χ4n) is 0.595. The third-order valence-electron chi connectivity index (χ3n) is 1.06. The third kappa shape index (κ3) is 1.16. The molecule has 0 radical (unpaired) electrons. The van der Waals surface area contributed by atoms with E-state index in [4.69, 9.17) is 5.21 Å². The van der Waals surface area contributed by atoms with E-state index in [1.54, 1.807) is 12.2 Å². The van der Waals surface area contributed by atoms with Gasteiger partial charge in [0.15, 0.2) is 6.17 Å². The summed E-state index contributed by atoms with van der Waals surface area (Å²) in [4.78, 5) is 0. The molecular formula is C6H6FNO. The molecule has 0 saturated heterocycles. The van der Waals surface area contributed by atoms with Gasteiger partial charge in [-0.3, -0.25) is 0 Å². The monoisotopic (exact) mass is 127 g/mol. The molecule has 1 unspecified atom stereocenters. The molecule has 0 saturated carbocycles. The molecule has 0 fully saturated rings. The van der Waals surface area contributed by atoms with Gasteiger partial charge in [0.2, 0.25) is 0 Å². The van der Waals surface area contributed by atoms with Gasteiger partial charge in [-0.05, 0) is 12.2 Å². The van der Waals surface area contributed by atoms with Crippen molar-refractivity contribution < 1.29 is 9.60 Å². The van der Waals surface area contributed by atoms with Crippen molar-refractivity contribution in [3.63, 3.8) is 0 Å². The van der Waals surface area contributed by atoms with Crippen molar-refractivity contribution in [2.45, 2.75) is 6.17 Å². The second-order valence-corrected chi connectivity index (χ2v) is 1.67. The maximum Gasteiger partial charge on any atom is 0.164 e. The lowest BCUT2D eigenvalue weighted by Crippen LogP contribution is -2.11. The second kappa shape index (κ2) is 2.44. The van der Waals surface area contributed by atoms with E-state index in [1.165, 1.54) is 12.2 Å². The molecule has 1 N–H and O–H groups in total. The summed E-state index contributed by atoms with van der Waals surface area (Å²) in [5, 5.41) is 10.9. The number of nitrogens with zero attached hydrogens (tertiary/aromatic N) is 1. The second-order valence-electron chi connectivity index (χ2n) is 1.67. The highest BCUT2D eigenvalue weighted by Crippen LogP contribution is 2.03. The molecule has 0 aromatic rings. The molecule has 0 spiro atoms. The van der Waals surface area contributed by atoms with Crippen LogP contribution in [-0.4, -0.2) is 17.1 Å². The summed E-state index contributed by atoms with van der Waals surface area (Å²) in [5.41, 5.74) is 0.0532. The number of halogens is 1. The van der Waals surface area contributed by atoms with E-state index in [0.717, 1.165) is 0 Å². The summed E-state index contributed by atoms with van der Waals surface area (Å²) < 4.78 is 12.4. The SMILES string of the molecule is ON=C1C=CC=CC1F. The van der Waals surface area contributed by atoms with Gasteiger partial charge in [-0.1, -0.05) is 17.3 Å². The van der Waals surface area contributed by atoms with Crippen LogP contribution in [0.1, 0.15) is 0 Å². The van der Waals surface area contributed by atoms with Gasteiger partial charge in [-0.2, -0.15) is 0 Å². The summed E-state index contributed by atoms with van der Waals surface area (Å²) >= 11 is 0. The van der Waals surface area contributed by atoms with Gasteiger partial charge in [0, 0.05) is 0 Å². The Hall–Kier alpha value is -1.12. The van der Waals surface area contributed by atoms with Gasteiger partial charge < -0.3 is 5.21 Å². The molecular weight excluding hydrogens is 121 g/mol. The maximum atomic E-state index is 12.4. The van der Waals surface area contributed by atoms with Gasteiger partial charge in [0.05, 0.1) is 0 Å². The molecule has 1 rings (SSSR count). The Labute approximate surface area is 52.0 Å². The van der Waals surface area contributed by atoms with Crippen LogP contribution in [0.3, 0.4) is 0 Å². The number of alkyl halides is 1. The number of hydrogen-bond donors (Lipinski definition) is 1. The molecule has 3 heteroatoms. The van der Waals surface area contributed by atoms with Crippen molar-refractivity contribution in [2.24, 2.45) is 5.16 Å². The standard InChI is InChI=1S/C6H6FNO/c7-5-3-1-2-4-6(5)8-9/h1-5,9H. The molecule has 48 valence electrons. The Morgan fingerprint density at radius 1 is 1.56 bits per heavy atom. The molecule has 9 heavy (non-hydrogen) atoms. The lowest BCUT2D eigenvalue weighted by atomic mass is 10.1. The minimum atomic E-state index is -1.25. The molecule has 0 aromatic carbocycles. The maximum absolute atomic E-state index is 12.4. The summed E-state index contributed by atoms with van der Waals surface area (Å²) in [5.74, 6) is 0. The fraction of sp³-hybridized carbons (Fsp3) is 0.167. The summed E-state index contributed by atoms with van der Waals surface area (Å²) in [6.45, 7) is 0. The van der Waals surface area contributed by atoms with Gasteiger partial charge >= 0.3 is 0 Å². The molecule has 0 aliphatic heterocycles. The zero-order valence-corrected chi connectivity index (χ0v) is 4.66. The van der Waals surface area contributed by atoms with E-state index in [1.807, 2.05) is 0 Å². The largest absolute Gasteiger partial charge is 0.411 e. The molecule has 0 aromatic heterocycles. The molecule has 1 aliphatic rings. The number of rotatable bonds is 0. The van der Waals surface area contributed by atoms with Crippen LogP contribution in [0, 0.1) is 0 Å². The Balaban J connectivity index is 2.78. The fourth-order valence-corrected chi connectivity index (χ4v) is 0.595. The van der Waals surface area contributed by atoms with Gasteiger partial charge in [-0.25, -0.2) is 4.39 Å². The first-order chi connectivity index (χ1) is 4.34. The number of allylic oxidation sites excluding steroid dienone is 4. The Morgan fingerprint density at radius 3 is 2.78 bits per heavy atom. The van der Waals surface area contributed by atoms with Crippen molar-refractivity contribution in [1.29, 1.82) is 0 Å². The minimum absolute atomic E-state index is 0.0532. The first kappa shape index (κ1) is 6.01. The smallest absolute Gasteiger partial charge is 0.164 e. The molecule has 0 amide bonds. The molecule has 2 nitrogen and oxygen atoms in total. The van der Waals surface area contributed by atoms with Gasteiger partial charge in [0.1, 0.15) is 5.71 Å². The third-order valence-corrected chi connectivity index (χ3v) is 1.06. The van der Waals surface area contributed by atoms with Crippen molar-refractivity contribution in [2.75, 3.05) is 0 Å². The van der Waals surface area contributed by atoms with Crippen LogP contribution < -0.4 is 0 Å². The first-order valence-electron chi connectivity index (χ1n) is 2.55. The Morgan fingerprint density at radius 2 is 2.33 bits per heavy atom. The van der Waals surface area contributed by atoms with E-state index in [0.29, 0.717) is 0 Å². The quantitative estimate of drug-likeness (QED) is 0.386. The average molecular weight is 127 g/mol. The van der Waals surface area contributed by atoms with Crippen molar-refractivity contribution in [3.05, 3.63) is 24.3 Å². The van der Waals surface area contributed by atoms with Gasteiger partial charge in [0.25, 0.3) is 0 Å². The number of hydrogen-bond acceptors (Lipinski definition) is 2. The molecule has 1 aliphatic carbocycles. The Bertz CT molecular complexity index is 183. The van der Waals surface area contributed by atoms with Crippen LogP contribution in [0.2, 0.25) is 0 Å². The van der Waals surface area contributed by atoms with E-state index in [9.17, 15) is 4.39 Å². The van der Waals surface area contributed by atoms with Crippen LogP contribution in [0.15, 0.2) is 29.5 Å².